The fourth-order valence-corrected chi connectivity index (χ4v) is 3.88. The maximum Gasteiger partial charge on any atom is 0.243 e. The molecule has 118 valence electrons. The molecule has 0 bridgehead atoms. The van der Waals surface area contributed by atoms with E-state index in [-0.39, 0.29) is 11.9 Å². The van der Waals surface area contributed by atoms with Gasteiger partial charge in [0.1, 0.15) is 5.41 Å². The lowest BCUT2D eigenvalue weighted by Crippen LogP contribution is -2.47. The van der Waals surface area contributed by atoms with Gasteiger partial charge < -0.3 is 4.90 Å². The molecule has 0 N–H and O–H groups in total. The second-order valence-corrected chi connectivity index (χ2v) is 6.79. The molecule has 0 radical (unpaired) electrons. The van der Waals surface area contributed by atoms with E-state index in [1.165, 1.54) is 0 Å². The Hall–Kier alpha value is -1.83. The Labute approximate surface area is 131 Å². The summed E-state index contributed by atoms with van der Waals surface area (Å²) < 4.78 is 1.92. The molecule has 1 amide bonds. The van der Waals surface area contributed by atoms with Crippen molar-refractivity contribution in [3.8, 4) is 6.07 Å². The van der Waals surface area contributed by atoms with Gasteiger partial charge in [-0.2, -0.15) is 10.4 Å². The minimum atomic E-state index is -0.763. The molecular weight excluding hydrogens is 276 g/mol. The Kier molecular flexibility index (Phi) is 4.19. The number of hydrogen-bond acceptors (Lipinski definition) is 3. The normalized spacial score (nSPS) is 24.2. The molecular formula is C17H24N4O. The summed E-state index contributed by atoms with van der Waals surface area (Å²) in [5, 5.41) is 14.0. The lowest BCUT2D eigenvalue weighted by atomic mass is 9.74. The zero-order valence-electron chi connectivity index (χ0n) is 13.3. The van der Waals surface area contributed by atoms with Crippen LogP contribution in [-0.2, 0) is 11.3 Å². The molecule has 22 heavy (non-hydrogen) atoms. The van der Waals surface area contributed by atoms with Crippen LogP contribution in [0.3, 0.4) is 0 Å². The SMILES string of the molecule is Cc1cnn(CC2CCCN2C(=O)C2(C#N)CCCCC2)c1. The molecule has 2 heterocycles. The van der Waals surface area contributed by atoms with Crippen molar-refractivity contribution in [1.82, 2.24) is 14.7 Å². The maximum absolute atomic E-state index is 13.0. The van der Waals surface area contributed by atoms with Gasteiger partial charge in [0, 0.05) is 12.7 Å². The first-order valence-corrected chi connectivity index (χ1v) is 8.36. The van der Waals surface area contributed by atoms with Crippen LogP contribution in [0.5, 0.6) is 0 Å². The highest BCUT2D eigenvalue weighted by Gasteiger charge is 2.45. The van der Waals surface area contributed by atoms with E-state index < -0.39 is 5.41 Å². The van der Waals surface area contributed by atoms with Gasteiger partial charge >= 0.3 is 0 Å². The van der Waals surface area contributed by atoms with E-state index in [9.17, 15) is 10.1 Å². The van der Waals surface area contributed by atoms with Gasteiger partial charge in [-0.25, -0.2) is 0 Å². The summed E-state index contributed by atoms with van der Waals surface area (Å²) in [4.78, 5) is 15.0. The number of nitriles is 1. The van der Waals surface area contributed by atoms with E-state index in [1.54, 1.807) is 0 Å². The average Bonchev–Trinajstić information content (AvgIpc) is 3.16. The van der Waals surface area contributed by atoms with Crippen LogP contribution < -0.4 is 0 Å². The first kappa shape index (κ1) is 15.1. The van der Waals surface area contributed by atoms with Crippen LogP contribution in [-0.4, -0.2) is 33.2 Å². The second-order valence-electron chi connectivity index (χ2n) is 6.79. The molecule has 5 heteroatoms. The number of likely N-dealkylation sites (tertiary alicyclic amines) is 1. The Morgan fingerprint density at radius 1 is 1.41 bits per heavy atom. The first-order chi connectivity index (χ1) is 10.6. The summed E-state index contributed by atoms with van der Waals surface area (Å²) in [6, 6.07) is 2.55. The number of amides is 1. The molecule has 1 aromatic rings. The Bertz CT molecular complexity index is 580. The predicted octanol–water partition coefficient (Wildman–Crippen LogP) is 2.66. The fourth-order valence-electron chi connectivity index (χ4n) is 3.88. The van der Waals surface area contributed by atoms with Crippen LogP contribution in [0.2, 0.25) is 0 Å². The molecule has 5 nitrogen and oxygen atoms in total. The molecule has 0 spiro atoms. The Morgan fingerprint density at radius 3 is 2.82 bits per heavy atom. The van der Waals surface area contributed by atoms with Crippen molar-refractivity contribution in [3.63, 3.8) is 0 Å². The van der Waals surface area contributed by atoms with E-state index in [2.05, 4.69) is 11.2 Å². The van der Waals surface area contributed by atoms with Crippen molar-refractivity contribution in [2.75, 3.05) is 6.54 Å². The van der Waals surface area contributed by atoms with Crippen molar-refractivity contribution < 1.29 is 4.79 Å². The first-order valence-electron chi connectivity index (χ1n) is 8.36. The lowest BCUT2D eigenvalue weighted by molar-refractivity contribution is -0.141. The van der Waals surface area contributed by atoms with Crippen LogP contribution >= 0.6 is 0 Å². The number of carbonyl (C=O) groups excluding carboxylic acids is 1. The van der Waals surface area contributed by atoms with Crippen molar-refractivity contribution in [2.45, 2.75) is 64.5 Å². The van der Waals surface area contributed by atoms with Crippen LogP contribution in [0, 0.1) is 23.7 Å². The lowest BCUT2D eigenvalue weighted by Gasteiger charge is -2.35. The third kappa shape index (κ3) is 2.75. The molecule has 3 rings (SSSR count). The molecule has 1 aromatic heterocycles. The van der Waals surface area contributed by atoms with Crippen LogP contribution in [0.4, 0.5) is 0 Å². The summed E-state index contributed by atoms with van der Waals surface area (Å²) in [5.74, 6) is 0.0704. The van der Waals surface area contributed by atoms with Gasteiger partial charge in [0.25, 0.3) is 0 Å². The topological polar surface area (TPSA) is 61.9 Å². The van der Waals surface area contributed by atoms with Gasteiger partial charge in [-0.15, -0.1) is 0 Å². The van der Waals surface area contributed by atoms with Crippen molar-refractivity contribution in [2.24, 2.45) is 5.41 Å². The van der Waals surface area contributed by atoms with Gasteiger partial charge in [0.15, 0.2) is 0 Å². The molecule has 2 aliphatic rings. The molecule has 0 aromatic carbocycles. The second kappa shape index (κ2) is 6.12. The van der Waals surface area contributed by atoms with Gasteiger partial charge in [-0.05, 0) is 38.2 Å². The zero-order valence-corrected chi connectivity index (χ0v) is 13.3. The van der Waals surface area contributed by atoms with Gasteiger partial charge in [-0.3, -0.25) is 9.48 Å². The van der Waals surface area contributed by atoms with E-state index in [1.807, 2.05) is 28.9 Å². The van der Waals surface area contributed by atoms with Crippen LogP contribution in [0.15, 0.2) is 12.4 Å². The standard InChI is InChI=1S/C17H24N4O/c1-14-10-19-20(11-14)12-15-6-5-9-21(15)16(22)17(13-18)7-3-2-4-8-17/h10-11,15H,2-9,12H2,1H3. The van der Waals surface area contributed by atoms with Crippen LogP contribution in [0.25, 0.3) is 0 Å². The van der Waals surface area contributed by atoms with Gasteiger partial charge in [-0.1, -0.05) is 19.3 Å². The molecule has 1 unspecified atom stereocenters. The number of carbonyl (C=O) groups is 1. The van der Waals surface area contributed by atoms with E-state index in [0.717, 1.165) is 63.6 Å². The Morgan fingerprint density at radius 2 is 2.18 bits per heavy atom. The van der Waals surface area contributed by atoms with Gasteiger partial charge in [0.2, 0.25) is 5.91 Å². The third-order valence-electron chi connectivity index (χ3n) is 5.13. The monoisotopic (exact) mass is 300 g/mol. The molecule has 2 fully saturated rings. The summed E-state index contributed by atoms with van der Waals surface area (Å²) in [5.41, 5.74) is 0.373. The molecule has 1 aliphatic heterocycles. The third-order valence-corrected chi connectivity index (χ3v) is 5.13. The van der Waals surface area contributed by atoms with Crippen molar-refractivity contribution in [3.05, 3.63) is 18.0 Å². The largest absolute Gasteiger partial charge is 0.336 e. The van der Waals surface area contributed by atoms with E-state index in [0.29, 0.717) is 0 Å². The number of aromatic nitrogens is 2. The zero-order chi connectivity index (χ0) is 15.6. The molecule has 1 saturated carbocycles. The summed E-state index contributed by atoms with van der Waals surface area (Å²) >= 11 is 0. The quantitative estimate of drug-likeness (QED) is 0.862. The molecule has 1 atom stereocenters. The number of hydrogen-bond donors (Lipinski definition) is 0. The predicted molar refractivity (Wildman–Crippen MR) is 82.8 cm³/mol. The minimum Gasteiger partial charge on any atom is -0.336 e. The number of aryl methyl sites for hydroxylation is 1. The Balaban J connectivity index is 1.74. The van der Waals surface area contributed by atoms with Crippen molar-refractivity contribution in [1.29, 1.82) is 5.26 Å². The highest BCUT2D eigenvalue weighted by Crippen LogP contribution is 2.39. The van der Waals surface area contributed by atoms with E-state index >= 15 is 0 Å². The molecule has 1 aliphatic carbocycles. The van der Waals surface area contributed by atoms with Gasteiger partial charge in [0.05, 0.1) is 24.9 Å². The summed E-state index contributed by atoms with van der Waals surface area (Å²) in [6.07, 6.45) is 10.5. The smallest absolute Gasteiger partial charge is 0.243 e. The molecule has 1 saturated heterocycles. The summed E-state index contributed by atoms with van der Waals surface area (Å²) in [7, 11) is 0. The highest BCUT2D eigenvalue weighted by molar-refractivity contribution is 5.86. The summed E-state index contributed by atoms with van der Waals surface area (Å²) in [6.45, 7) is 3.54. The number of rotatable bonds is 3. The van der Waals surface area contributed by atoms with E-state index in [4.69, 9.17) is 0 Å². The average molecular weight is 300 g/mol. The minimum absolute atomic E-state index is 0.0704. The highest BCUT2D eigenvalue weighted by atomic mass is 16.2. The van der Waals surface area contributed by atoms with Crippen LogP contribution in [0.1, 0.15) is 50.5 Å². The van der Waals surface area contributed by atoms with Crippen molar-refractivity contribution >= 4 is 5.91 Å². The fraction of sp³-hybridized carbons (Fsp3) is 0.706. The maximum atomic E-state index is 13.0. The number of nitrogens with zero attached hydrogens (tertiary/aromatic N) is 4.